The minimum atomic E-state index is -0.350. The monoisotopic (exact) mass is 446 g/mol. The third kappa shape index (κ3) is 3.13. The summed E-state index contributed by atoms with van der Waals surface area (Å²) in [7, 11) is 0. The average Bonchev–Trinajstić information content (AvgIpc) is 3.16. The molecule has 0 radical (unpaired) electrons. The van der Waals surface area contributed by atoms with Crippen molar-refractivity contribution in [1.82, 2.24) is 9.97 Å². The Morgan fingerprint density at radius 3 is 2.79 bits per heavy atom. The number of fused-ring (bicyclic) bond motifs is 2. The second-order valence-corrected chi connectivity index (χ2v) is 7.83. The fourth-order valence-corrected chi connectivity index (χ4v) is 4.15. The molecule has 0 amide bonds. The Morgan fingerprint density at radius 2 is 2.00 bits per heavy atom. The predicted octanol–water partition coefficient (Wildman–Crippen LogP) is 5.66. The van der Waals surface area contributed by atoms with Gasteiger partial charge in [-0.25, -0.2) is 4.98 Å². The van der Waals surface area contributed by atoms with Crippen molar-refractivity contribution in [2.45, 2.75) is 6.42 Å². The quantitative estimate of drug-likeness (QED) is 0.299. The van der Waals surface area contributed by atoms with E-state index in [4.69, 9.17) is 4.98 Å². The first-order valence-electron chi connectivity index (χ1n) is 9.16. The van der Waals surface area contributed by atoms with Crippen LogP contribution in [0.25, 0.3) is 22.0 Å². The maximum absolute atomic E-state index is 11.1. The van der Waals surface area contributed by atoms with Crippen molar-refractivity contribution in [3.8, 4) is 11.3 Å². The standard InChI is InChI=1S/C22H15BrN4O2/c23-17-4-3-14-11-20(16-2-1-8-24-13-16)25-22(19(14)12-17)26-9-7-15-10-18(27(28)29)5-6-21(15)26/h1-6,8,10-13H,7,9H2. The lowest BCUT2D eigenvalue weighted by Crippen LogP contribution is -2.15. The molecule has 3 heterocycles. The van der Waals surface area contributed by atoms with Crippen LogP contribution in [-0.4, -0.2) is 21.4 Å². The maximum Gasteiger partial charge on any atom is 0.269 e. The van der Waals surface area contributed by atoms with Gasteiger partial charge in [-0.3, -0.25) is 15.1 Å². The average molecular weight is 447 g/mol. The highest BCUT2D eigenvalue weighted by molar-refractivity contribution is 9.10. The molecule has 2 aromatic carbocycles. The van der Waals surface area contributed by atoms with Gasteiger partial charge in [-0.1, -0.05) is 22.0 Å². The first kappa shape index (κ1) is 17.8. The van der Waals surface area contributed by atoms with Gasteiger partial charge in [0.05, 0.1) is 10.6 Å². The summed E-state index contributed by atoms with van der Waals surface area (Å²) in [6.07, 6.45) is 4.29. The smallest absolute Gasteiger partial charge is 0.269 e. The van der Waals surface area contributed by atoms with Crippen LogP contribution in [0.1, 0.15) is 5.56 Å². The van der Waals surface area contributed by atoms with Crippen LogP contribution in [0.5, 0.6) is 0 Å². The molecular formula is C22H15BrN4O2. The Bertz CT molecular complexity index is 1260. The Balaban J connectivity index is 1.71. The van der Waals surface area contributed by atoms with Crippen LogP contribution in [0.15, 0.2) is 71.5 Å². The molecule has 6 nitrogen and oxygen atoms in total. The van der Waals surface area contributed by atoms with Gasteiger partial charge in [0.2, 0.25) is 0 Å². The van der Waals surface area contributed by atoms with Crippen LogP contribution in [0.2, 0.25) is 0 Å². The second-order valence-electron chi connectivity index (χ2n) is 6.91. The summed E-state index contributed by atoms with van der Waals surface area (Å²) in [5.74, 6) is 0.843. The van der Waals surface area contributed by atoms with E-state index in [1.807, 2.05) is 24.3 Å². The predicted molar refractivity (Wildman–Crippen MR) is 116 cm³/mol. The molecule has 0 saturated heterocycles. The van der Waals surface area contributed by atoms with Gasteiger partial charge in [0.25, 0.3) is 5.69 Å². The zero-order chi connectivity index (χ0) is 20.0. The first-order chi connectivity index (χ1) is 14.1. The number of hydrogen-bond donors (Lipinski definition) is 0. The van der Waals surface area contributed by atoms with E-state index in [9.17, 15) is 10.1 Å². The third-order valence-electron chi connectivity index (χ3n) is 5.16. The lowest BCUT2D eigenvalue weighted by Gasteiger charge is -2.21. The molecule has 29 heavy (non-hydrogen) atoms. The zero-order valence-electron chi connectivity index (χ0n) is 15.2. The summed E-state index contributed by atoms with van der Waals surface area (Å²) in [5.41, 5.74) is 3.85. The van der Waals surface area contributed by atoms with E-state index >= 15 is 0 Å². The van der Waals surface area contributed by atoms with Gasteiger partial charge < -0.3 is 4.90 Å². The highest BCUT2D eigenvalue weighted by atomic mass is 79.9. The van der Waals surface area contributed by atoms with Gasteiger partial charge in [0.1, 0.15) is 5.82 Å². The molecule has 4 aromatic rings. The number of nitrogens with zero attached hydrogens (tertiary/aromatic N) is 4. The van der Waals surface area contributed by atoms with Crippen molar-refractivity contribution in [3.05, 3.63) is 87.1 Å². The van der Waals surface area contributed by atoms with E-state index in [0.717, 1.165) is 56.5 Å². The SMILES string of the molecule is O=[N+]([O-])c1ccc2c(c1)CCN2c1nc(-c2cccnc2)cc2ccc(Br)cc12. The first-order valence-corrected chi connectivity index (χ1v) is 9.95. The molecule has 7 heteroatoms. The van der Waals surface area contributed by atoms with Gasteiger partial charge >= 0.3 is 0 Å². The van der Waals surface area contributed by atoms with Crippen molar-refractivity contribution in [2.75, 3.05) is 11.4 Å². The van der Waals surface area contributed by atoms with E-state index in [-0.39, 0.29) is 10.6 Å². The van der Waals surface area contributed by atoms with Gasteiger partial charge in [-0.15, -0.1) is 0 Å². The third-order valence-corrected chi connectivity index (χ3v) is 5.65. The van der Waals surface area contributed by atoms with Crippen molar-refractivity contribution in [2.24, 2.45) is 0 Å². The molecule has 1 aliphatic rings. The topological polar surface area (TPSA) is 72.2 Å². The van der Waals surface area contributed by atoms with Crippen LogP contribution in [0, 0.1) is 10.1 Å². The van der Waals surface area contributed by atoms with Crippen molar-refractivity contribution >= 4 is 43.9 Å². The summed E-state index contributed by atoms with van der Waals surface area (Å²) in [6.45, 7) is 0.724. The summed E-state index contributed by atoms with van der Waals surface area (Å²) < 4.78 is 0.977. The Hall–Kier alpha value is -3.32. The van der Waals surface area contributed by atoms with Crippen LogP contribution < -0.4 is 4.90 Å². The van der Waals surface area contributed by atoms with Crippen LogP contribution in [-0.2, 0) is 6.42 Å². The van der Waals surface area contributed by atoms with E-state index in [1.165, 1.54) is 0 Å². The largest absolute Gasteiger partial charge is 0.325 e. The van der Waals surface area contributed by atoms with Gasteiger partial charge in [-0.2, -0.15) is 0 Å². The molecule has 0 spiro atoms. The Labute approximate surface area is 175 Å². The molecule has 5 rings (SSSR count). The molecule has 0 aliphatic carbocycles. The van der Waals surface area contributed by atoms with E-state index in [2.05, 4.69) is 44.0 Å². The molecule has 1 aliphatic heterocycles. The summed E-state index contributed by atoms with van der Waals surface area (Å²) >= 11 is 3.56. The minimum absolute atomic E-state index is 0.121. The molecule has 0 bridgehead atoms. The number of rotatable bonds is 3. The number of anilines is 2. The molecule has 2 aromatic heterocycles. The number of benzene rings is 2. The van der Waals surface area contributed by atoms with Gasteiger partial charge in [0, 0.05) is 52.2 Å². The molecule has 0 atom stereocenters. The van der Waals surface area contributed by atoms with Crippen LogP contribution in [0.3, 0.4) is 0 Å². The lowest BCUT2D eigenvalue weighted by molar-refractivity contribution is -0.384. The maximum atomic E-state index is 11.1. The zero-order valence-corrected chi connectivity index (χ0v) is 16.8. The van der Waals surface area contributed by atoms with E-state index in [1.54, 1.807) is 24.5 Å². The Kier molecular flexibility index (Phi) is 4.24. The summed E-state index contributed by atoms with van der Waals surface area (Å²) in [6, 6.07) is 17.1. The number of pyridine rings is 2. The highest BCUT2D eigenvalue weighted by Gasteiger charge is 2.25. The number of aromatic nitrogens is 2. The van der Waals surface area contributed by atoms with Gasteiger partial charge in [-0.05, 0) is 53.8 Å². The molecule has 0 N–H and O–H groups in total. The normalized spacial score (nSPS) is 12.9. The fourth-order valence-electron chi connectivity index (χ4n) is 3.79. The molecule has 0 saturated carbocycles. The number of nitro groups is 1. The summed E-state index contributed by atoms with van der Waals surface area (Å²) in [5, 5.41) is 13.2. The Morgan fingerprint density at radius 1 is 1.10 bits per heavy atom. The van der Waals surface area contributed by atoms with Gasteiger partial charge in [0.15, 0.2) is 0 Å². The van der Waals surface area contributed by atoms with Crippen molar-refractivity contribution in [1.29, 1.82) is 0 Å². The fraction of sp³-hybridized carbons (Fsp3) is 0.0909. The molecule has 0 unspecified atom stereocenters. The van der Waals surface area contributed by atoms with Crippen LogP contribution in [0.4, 0.5) is 17.2 Å². The van der Waals surface area contributed by atoms with E-state index < -0.39 is 0 Å². The highest BCUT2D eigenvalue weighted by Crippen LogP contribution is 2.40. The number of halogens is 1. The lowest BCUT2D eigenvalue weighted by atomic mass is 10.1. The van der Waals surface area contributed by atoms with Crippen molar-refractivity contribution < 1.29 is 4.92 Å². The number of non-ortho nitro benzene ring substituents is 1. The number of nitro benzene ring substituents is 1. The second kappa shape index (κ2) is 6.93. The number of hydrogen-bond acceptors (Lipinski definition) is 5. The molecule has 142 valence electrons. The molecular weight excluding hydrogens is 432 g/mol. The van der Waals surface area contributed by atoms with E-state index in [0.29, 0.717) is 0 Å². The minimum Gasteiger partial charge on any atom is -0.325 e. The van der Waals surface area contributed by atoms with Crippen LogP contribution >= 0.6 is 15.9 Å². The summed E-state index contributed by atoms with van der Waals surface area (Å²) in [4.78, 5) is 22.1. The van der Waals surface area contributed by atoms with Crippen molar-refractivity contribution in [3.63, 3.8) is 0 Å². The molecule has 0 fully saturated rings.